The number of piperazine rings is 1. The predicted molar refractivity (Wildman–Crippen MR) is 101 cm³/mol. The van der Waals surface area contributed by atoms with Gasteiger partial charge in [-0.15, -0.1) is 0 Å². The quantitative estimate of drug-likeness (QED) is 0.912. The van der Waals surface area contributed by atoms with Crippen LogP contribution in [0.2, 0.25) is 0 Å². The Morgan fingerprint density at radius 3 is 2.15 bits per heavy atom. The lowest BCUT2D eigenvalue weighted by Gasteiger charge is -2.37. The number of H-pyrrole nitrogens is 1. The van der Waals surface area contributed by atoms with Gasteiger partial charge in [-0.2, -0.15) is 0 Å². The van der Waals surface area contributed by atoms with E-state index in [-0.39, 0.29) is 17.9 Å². The van der Waals surface area contributed by atoms with Crippen molar-refractivity contribution in [2.45, 2.75) is 13.0 Å². The van der Waals surface area contributed by atoms with Crippen molar-refractivity contribution in [1.29, 1.82) is 0 Å². The summed E-state index contributed by atoms with van der Waals surface area (Å²) in [7, 11) is 3.85. The van der Waals surface area contributed by atoms with Crippen LogP contribution in [0.3, 0.4) is 0 Å². The zero-order valence-corrected chi connectivity index (χ0v) is 15.6. The highest BCUT2D eigenvalue weighted by Gasteiger charge is 2.31. The molecule has 138 valence electrons. The van der Waals surface area contributed by atoms with Gasteiger partial charge in [0.15, 0.2) is 0 Å². The Hall–Kier alpha value is -2.60. The molecule has 26 heavy (non-hydrogen) atoms. The molecule has 0 spiro atoms. The molecule has 1 aliphatic rings. The monoisotopic (exact) mass is 354 g/mol. The highest BCUT2D eigenvalue weighted by molar-refractivity contribution is 5.92. The van der Waals surface area contributed by atoms with Crippen LogP contribution in [-0.2, 0) is 4.79 Å². The summed E-state index contributed by atoms with van der Waals surface area (Å²) >= 11 is 0. The van der Waals surface area contributed by atoms with E-state index in [9.17, 15) is 9.59 Å². The van der Waals surface area contributed by atoms with E-state index in [1.165, 1.54) is 5.56 Å². The second-order valence-corrected chi connectivity index (χ2v) is 6.98. The molecule has 1 N–H and O–H groups in total. The largest absolute Gasteiger partial charge is 0.357 e. The van der Waals surface area contributed by atoms with Gasteiger partial charge in [0.1, 0.15) is 11.7 Å². The number of aromatic amines is 1. The Bertz CT molecular complexity index is 745. The number of nitrogens with zero attached hydrogens (tertiary/aromatic N) is 3. The molecule has 0 bridgehead atoms. The van der Waals surface area contributed by atoms with E-state index in [4.69, 9.17) is 0 Å². The normalized spacial score (nSPS) is 16.0. The molecule has 0 aliphatic carbocycles. The molecule has 1 atom stereocenters. The van der Waals surface area contributed by atoms with Crippen LogP contribution < -0.4 is 0 Å². The van der Waals surface area contributed by atoms with Gasteiger partial charge in [0.2, 0.25) is 5.91 Å². The summed E-state index contributed by atoms with van der Waals surface area (Å²) in [5, 5.41) is 0. The number of aromatic nitrogens is 1. The number of hydrogen-bond acceptors (Lipinski definition) is 3. The molecular formula is C20H26N4O2. The topological polar surface area (TPSA) is 59.7 Å². The van der Waals surface area contributed by atoms with Crippen LogP contribution >= 0.6 is 0 Å². The molecule has 0 unspecified atom stereocenters. The van der Waals surface area contributed by atoms with Gasteiger partial charge in [-0.1, -0.05) is 29.8 Å². The highest BCUT2D eigenvalue weighted by Crippen LogP contribution is 2.22. The Balaban J connectivity index is 1.66. The minimum atomic E-state index is -0.304. The van der Waals surface area contributed by atoms with E-state index in [2.05, 4.69) is 4.98 Å². The molecule has 1 aliphatic heterocycles. The Labute approximate surface area is 154 Å². The number of hydrogen-bond donors (Lipinski definition) is 1. The zero-order valence-electron chi connectivity index (χ0n) is 15.6. The molecule has 3 rings (SSSR count). The lowest BCUT2D eigenvalue weighted by atomic mass is 10.0. The molecular weight excluding hydrogens is 328 g/mol. The summed E-state index contributed by atoms with van der Waals surface area (Å²) in [6.45, 7) is 4.26. The van der Waals surface area contributed by atoms with Gasteiger partial charge in [-0.25, -0.2) is 0 Å². The number of nitrogens with one attached hydrogen (secondary N) is 1. The number of likely N-dealkylation sites (N-methyl/N-ethyl adjacent to an activating group) is 1. The molecule has 0 radical (unpaired) electrons. The SMILES string of the molecule is Cc1ccc([C@H](C(=O)N2CCN(C(=O)c3ccc[nH]3)CC2)N(C)C)cc1. The number of carbonyl (C=O) groups is 2. The molecule has 2 heterocycles. The second-order valence-electron chi connectivity index (χ2n) is 6.98. The summed E-state index contributed by atoms with van der Waals surface area (Å²) in [4.78, 5) is 34.1. The Kier molecular flexibility index (Phi) is 5.42. The maximum absolute atomic E-state index is 13.1. The van der Waals surface area contributed by atoms with Gasteiger partial charge in [-0.05, 0) is 38.7 Å². The van der Waals surface area contributed by atoms with E-state index >= 15 is 0 Å². The minimum absolute atomic E-state index is 0.00945. The fourth-order valence-electron chi connectivity index (χ4n) is 3.35. The minimum Gasteiger partial charge on any atom is -0.357 e. The van der Waals surface area contributed by atoms with Crippen molar-refractivity contribution >= 4 is 11.8 Å². The van der Waals surface area contributed by atoms with Gasteiger partial charge in [0.05, 0.1) is 0 Å². The van der Waals surface area contributed by atoms with Crippen LogP contribution in [0.5, 0.6) is 0 Å². The van der Waals surface area contributed by atoms with Crippen LogP contribution in [0, 0.1) is 6.92 Å². The standard InChI is InChI=1S/C20H26N4O2/c1-15-6-8-16(9-7-15)18(22(2)3)20(26)24-13-11-23(12-14-24)19(25)17-5-4-10-21-17/h4-10,18,21H,11-14H2,1-3H3/t18-/m1/s1. The maximum Gasteiger partial charge on any atom is 0.270 e. The molecule has 2 amide bonds. The fraction of sp³-hybridized carbons (Fsp3) is 0.400. The smallest absolute Gasteiger partial charge is 0.270 e. The summed E-state index contributed by atoms with van der Waals surface area (Å²) in [6, 6.07) is 11.4. The van der Waals surface area contributed by atoms with Crippen LogP contribution in [0.1, 0.15) is 27.7 Å². The highest BCUT2D eigenvalue weighted by atomic mass is 16.2. The van der Waals surface area contributed by atoms with Crippen molar-refractivity contribution in [3.8, 4) is 0 Å². The van der Waals surface area contributed by atoms with Crippen molar-refractivity contribution in [3.05, 3.63) is 59.4 Å². The summed E-state index contributed by atoms with van der Waals surface area (Å²) in [5.74, 6) is 0.0793. The first-order chi connectivity index (χ1) is 12.5. The summed E-state index contributed by atoms with van der Waals surface area (Å²) in [6.07, 6.45) is 1.75. The number of rotatable bonds is 4. The molecule has 0 saturated carbocycles. The van der Waals surface area contributed by atoms with Crippen LogP contribution in [0.15, 0.2) is 42.6 Å². The maximum atomic E-state index is 13.1. The summed E-state index contributed by atoms with van der Waals surface area (Å²) in [5.41, 5.74) is 2.77. The van der Waals surface area contributed by atoms with Gasteiger partial charge in [-0.3, -0.25) is 14.5 Å². The average Bonchev–Trinajstić information content (AvgIpc) is 3.17. The number of benzene rings is 1. The fourth-order valence-corrected chi connectivity index (χ4v) is 3.35. The van der Waals surface area contributed by atoms with Crippen LogP contribution in [0.25, 0.3) is 0 Å². The first-order valence-corrected chi connectivity index (χ1v) is 8.92. The van der Waals surface area contributed by atoms with E-state index in [1.54, 1.807) is 17.2 Å². The zero-order chi connectivity index (χ0) is 18.7. The number of amides is 2. The molecule has 1 saturated heterocycles. The van der Waals surface area contributed by atoms with E-state index in [0.717, 1.165) is 5.56 Å². The molecule has 1 aromatic heterocycles. The first kappa shape index (κ1) is 18.2. The van der Waals surface area contributed by atoms with Gasteiger partial charge in [0.25, 0.3) is 5.91 Å². The van der Waals surface area contributed by atoms with Crippen molar-refractivity contribution in [1.82, 2.24) is 19.7 Å². The number of aryl methyl sites for hydroxylation is 1. The van der Waals surface area contributed by atoms with Crippen molar-refractivity contribution < 1.29 is 9.59 Å². The molecule has 2 aromatic rings. The van der Waals surface area contributed by atoms with E-state index < -0.39 is 0 Å². The summed E-state index contributed by atoms with van der Waals surface area (Å²) < 4.78 is 0. The van der Waals surface area contributed by atoms with Crippen LogP contribution in [-0.4, -0.2) is 71.8 Å². The molecule has 1 aromatic carbocycles. The van der Waals surface area contributed by atoms with Crippen molar-refractivity contribution in [2.24, 2.45) is 0 Å². The predicted octanol–water partition coefficient (Wildman–Crippen LogP) is 1.91. The lowest BCUT2D eigenvalue weighted by Crippen LogP contribution is -2.52. The first-order valence-electron chi connectivity index (χ1n) is 8.92. The number of carbonyl (C=O) groups excluding carboxylic acids is 2. The molecule has 6 nitrogen and oxygen atoms in total. The Morgan fingerprint density at radius 2 is 1.62 bits per heavy atom. The Morgan fingerprint density at radius 1 is 1.00 bits per heavy atom. The van der Waals surface area contributed by atoms with Gasteiger partial charge in [0, 0.05) is 32.4 Å². The average molecular weight is 354 g/mol. The third-order valence-corrected chi connectivity index (χ3v) is 4.85. The van der Waals surface area contributed by atoms with Crippen molar-refractivity contribution in [3.63, 3.8) is 0 Å². The van der Waals surface area contributed by atoms with Crippen molar-refractivity contribution in [2.75, 3.05) is 40.3 Å². The van der Waals surface area contributed by atoms with Gasteiger partial charge < -0.3 is 14.8 Å². The molecule has 1 fully saturated rings. The van der Waals surface area contributed by atoms with E-state index in [1.807, 2.05) is 61.2 Å². The molecule has 6 heteroatoms. The lowest BCUT2D eigenvalue weighted by molar-refractivity contribution is -0.137. The third kappa shape index (κ3) is 3.80. The van der Waals surface area contributed by atoms with Gasteiger partial charge >= 0.3 is 0 Å². The van der Waals surface area contributed by atoms with Crippen LogP contribution in [0.4, 0.5) is 0 Å². The second kappa shape index (κ2) is 7.74. The van der Waals surface area contributed by atoms with E-state index in [0.29, 0.717) is 31.9 Å². The third-order valence-electron chi connectivity index (χ3n) is 4.85.